The van der Waals surface area contributed by atoms with E-state index in [1.54, 1.807) is 24.1 Å². The van der Waals surface area contributed by atoms with E-state index in [0.29, 0.717) is 24.3 Å². The number of Topliss-reactive ketones (excluding diaryl/α,β-unsaturated/α-hetero) is 1. The molecule has 1 fully saturated rings. The smallest absolute Gasteiger partial charge is 0.257 e. The van der Waals surface area contributed by atoms with Crippen LogP contribution in [0.2, 0.25) is 0 Å². The number of pyridine rings is 1. The number of aromatic nitrogens is 1. The van der Waals surface area contributed by atoms with Crippen molar-refractivity contribution in [2.75, 3.05) is 13.7 Å². The van der Waals surface area contributed by atoms with Crippen LogP contribution < -0.4 is 4.74 Å². The number of amides is 1. The molecule has 1 aromatic rings. The number of ketones is 1. The van der Waals surface area contributed by atoms with Crippen LogP contribution in [0.4, 0.5) is 0 Å². The molecule has 1 aliphatic heterocycles. The summed E-state index contributed by atoms with van der Waals surface area (Å²) in [5.41, 5.74) is 0.507. The summed E-state index contributed by atoms with van der Waals surface area (Å²) in [6, 6.07) is 1.67. The van der Waals surface area contributed by atoms with Gasteiger partial charge < -0.3 is 9.64 Å². The fourth-order valence-corrected chi connectivity index (χ4v) is 2.52. The van der Waals surface area contributed by atoms with Crippen molar-refractivity contribution in [3.8, 4) is 5.75 Å². The molecule has 0 bridgehead atoms. The van der Waals surface area contributed by atoms with Crippen LogP contribution in [0, 0.1) is 0 Å². The molecule has 0 spiro atoms. The van der Waals surface area contributed by atoms with E-state index in [1.807, 2.05) is 0 Å². The van der Waals surface area contributed by atoms with E-state index >= 15 is 0 Å². The number of ether oxygens (including phenoxy) is 1. The largest absolute Gasteiger partial charge is 0.494 e. The predicted octanol–water partition coefficient (Wildman–Crippen LogP) is 1.67. The zero-order valence-electron chi connectivity index (χ0n) is 11.3. The Morgan fingerprint density at radius 2 is 2.32 bits per heavy atom. The summed E-state index contributed by atoms with van der Waals surface area (Å²) < 4.78 is 5.17. The topological polar surface area (TPSA) is 59.5 Å². The van der Waals surface area contributed by atoms with Crippen LogP contribution in [0.15, 0.2) is 18.5 Å². The van der Waals surface area contributed by atoms with Crippen molar-refractivity contribution in [2.45, 2.75) is 32.2 Å². The van der Waals surface area contributed by atoms with Crippen LogP contribution in [0.25, 0.3) is 0 Å². The van der Waals surface area contributed by atoms with Crippen molar-refractivity contribution >= 4 is 11.7 Å². The summed E-state index contributed by atoms with van der Waals surface area (Å²) >= 11 is 0. The molecule has 2 rings (SSSR count). The van der Waals surface area contributed by atoms with Gasteiger partial charge in [0.1, 0.15) is 11.5 Å². The van der Waals surface area contributed by atoms with Crippen LogP contribution in [0.3, 0.4) is 0 Å². The highest BCUT2D eigenvalue weighted by Gasteiger charge is 2.31. The van der Waals surface area contributed by atoms with Gasteiger partial charge in [-0.05, 0) is 25.8 Å². The van der Waals surface area contributed by atoms with Gasteiger partial charge in [-0.15, -0.1) is 0 Å². The Morgan fingerprint density at radius 3 is 3.00 bits per heavy atom. The molecule has 1 unspecified atom stereocenters. The third kappa shape index (κ3) is 2.92. The Balaban J connectivity index is 2.20. The average molecular weight is 262 g/mol. The van der Waals surface area contributed by atoms with Gasteiger partial charge in [0.2, 0.25) is 0 Å². The number of hydrogen-bond acceptors (Lipinski definition) is 4. The molecule has 5 nitrogen and oxygen atoms in total. The molecule has 5 heteroatoms. The number of hydrogen-bond donors (Lipinski definition) is 0. The Kier molecular flexibility index (Phi) is 4.14. The second-order valence-electron chi connectivity index (χ2n) is 4.78. The molecular weight excluding hydrogens is 244 g/mol. The minimum absolute atomic E-state index is 0.0165. The Morgan fingerprint density at radius 1 is 1.53 bits per heavy atom. The molecule has 0 aliphatic carbocycles. The number of carbonyl (C=O) groups excluding carboxylic acids is 2. The first-order valence-corrected chi connectivity index (χ1v) is 6.42. The molecule has 1 saturated heterocycles. The minimum atomic E-state index is -0.0806. The van der Waals surface area contributed by atoms with E-state index in [4.69, 9.17) is 4.74 Å². The molecule has 2 heterocycles. The lowest BCUT2D eigenvalue weighted by Crippen LogP contribution is -2.36. The van der Waals surface area contributed by atoms with Gasteiger partial charge in [0.05, 0.1) is 18.9 Å². The fraction of sp³-hybridized carbons (Fsp3) is 0.500. The third-order valence-electron chi connectivity index (χ3n) is 3.40. The van der Waals surface area contributed by atoms with Gasteiger partial charge >= 0.3 is 0 Å². The van der Waals surface area contributed by atoms with Crippen LogP contribution in [-0.2, 0) is 4.79 Å². The van der Waals surface area contributed by atoms with Crippen molar-refractivity contribution in [1.82, 2.24) is 9.88 Å². The first-order chi connectivity index (χ1) is 9.13. The van der Waals surface area contributed by atoms with Gasteiger partial charge in [0.15, 0.2) is 0 Å². The van der Waals surface area contributed by atoms with Gasteiger partial charge in [-0.25, -0.2) is 0 Å². The van der Waals surface area contributed by atoms with Crippen LogP contribution in [0.5, 0.6) is 5.75 Å². The molecule has 0 radical (unpaired) electrons. The molecule has 0 saturated carbocycles. The molecular formula is C14H18N2O3. The van der Waals surface area contributed by atoms with Crippen molar-refractivity contribution < 1.29 is 14.3 Å². The van der Waals surface area contributed by atoms with Gasteiger partial charge in [-0.1, -0.05) is 0 Å². The molecule has 1 atom stereocenters. The SMILES string of the molecule is COc1cnccc1C(=O)N1CCCC1CC(C)=O. The number of carbonyl (C=O) groups is 2. The van der Waals surface area contributed by atoms with E-state index in [-0.39, 0.29) is 17.7 Å². The third-order valence-corrected chi connectivity index (χ3v) is 3.40. The Labute approximate surface area is 112 Å². The molecule has 1 aliphatic rings. The minimum Gasteiger partial charge on any atom is -0.494 e. The van der Waals surface area contributed by atoms with Gasteiger partial charge in [0, 0.05) is 25.2 Å². The van der Waals surface area contributed by atoms with Crippen LogP contribution in [0.1, 0.15) is 36.5 Å². The number of methoxy groups -OCH3 is 1. The monoisotopic (exact) mass is 262 g/mol. The summed E-state index contributed by atoms with van der Waals surface area (Å²) in [7, 11) is 1.52. The summed E-state index contributed by atoms with van der Waals surface area (Å²) in [6.45, 7) is 2.26. The normalized spacial score (nSPS) is 18.4. The second-order valence-corrected chi connectivity index (χ2v) is 4.78. The van der Waals surface area contributed by atoms with E-state index in [9.17, 15) is 9.59 Å². The summed E-state index contributed by atoms with van der Waals surface area (Å²) in [5, 5.41) is 0. The maximum absolute atomic E-state index is 12.5. The number of rotatable bonds is 4. The summed E-state index contributed by atoms with van der Waals surface area (Å²) in [5.74, 6) is 0.510. The van der Waals surface area contributed by atoms with Crippen LogP contribution >= 0.6 is 0 Å². The summed E-state index contributed by atoms with van der Waals surface area (Å²) in [4.78, 5) is 29.5. The van der Waals surface area contributed by atoms with Crippen molar-refractivity contribution in [3.05, 3.63) is 24.0 Å². The highest BCUT2D eigenvalue weighted by molar-refractivity contribution is 5.97. The van der Waals surface area contributed by atoms with Crippen LogP contribution in [-0.4, -0.2) is 41.3 Å². The van der Waals surface area contributed by atoms with Gasteiger partial charge in [0.25, 0.3) is 5.91 Å². The molecule has 19 heavy (non-hydrogen) atoms. The molecule has 0 N–H and O–H groups in total. The van der Waals surface area contributed by atoms with Gasteiger partial charge in [-0.3, -0.25) is 14.6 Å². The number of nitrogens with zero attached hydrogens (tertiary/aromatic N) is 2. The van der Waals surface area contributed by atoms with Crippen molar-refractivity contribution in [2.24, 2.45) is 0 Å². The Bertz CT molecular complexity index is 487. The first kappa shape index (κ1) is 13.5. The van der Waals surface area contributed by atoms with Gasteiger partial charge in [-0.2, -0.15) is 0 Å². The first-order valence-electron chi connectivity index (χ1n) is 6.42. The zero-order valence-corrected chi connectivity index (χ0v) is 11.3. The van der Waals surface area contributed by atoms with Crippen molar-refractivity contribution in [3.63, 3.8) is 0 Å². The van der Waals surface area contributed by atoms with E-state index in [1.165, 1.54) is 13.3 Å². The standard InChI is InChI=1S/C14H18N2O3/c1-10(17)8-11-4-3-7-16(11)14(18)12-5-6-15-9-13(12)19-2/h5-6,9,11H,3-4,7-8H2,1-2H3. The average Bonchev–Trinajstić information content (AvgIpc) is 2.85. The Hall–Kier alpha value is -1.91. The maximum atomic E-state index is 12.5. The second kappa shape index (κ2) is 5.82. The lowest BCUT2D eigenvalue weighted by atomic mass is 10.1. The van der Waals surface area contributed by atoms with Crippen molar-refractivity contribution in [1.29, 1.82) is 0 Å². The highest BCUT2D eigenvalue weighted by Crippen LogP contribution is 2.25. The molecule has 102 valence electrons. The lowest BCUT2D eigenvalue weighted by molar-refractivity contribution is -0.117. The van der Waals surface area contributed by atoms with E-state index < -0.39 is 0 Å². The number of likely N-dealkylation sites (tertiary alicyclic amines) is 1. The zero-order chi connectivity index (χ0) is 13.8. The highest BCUT2D eigenvalue weighted by atomic mass is 16.5. The molecule has 1 amide bonds. The lowest BCUT2D eigenvalue weighted by Gasteiger charge is -2.24. The van der Waals surface area contributed by atoms with E-state index in [2.05, 4.69) is 4.98 Å². The van der Waals surface area contributed by atoms with E-state index in [0.717, 1.165) is 12.8 Å². The maximum Gasteiger partial charge on any atom is 0.257 e. The predicted molar refractivity (Wildman–Crippen MR) is 70.1 cm³/mol. The summed E-state index contributed by atoms with van der Waals surface area (Å²) in [6.07, 6.45) is 5.37. The molecule has 0 aromatic carbocycles. The quantitative estimate of drug-likeness (QED) is 0.828. The fourth-order valence-electron chi connectivity index (χ4n) is 2.52. The molecule has 1 aromatic heterocycles.